The summed E-state index contributed by atoms with van der Waals surface area (Å²) in [6, 6.07) is 0. The van der Waals surface area contributed by atoms with E-state index in [0.29, 0.717) is 6.54 Å². The molecular weight excluding hydrogens is 487 g/mol. The van der Waals surface area contributed by atoms with Crippen molar-refractivity contribution in [2.75, 3.05) is 33.9 Å². The minimum Gasteiger partial charge on any atom is -0.445 e. The lowest BCUT2D eigenvalue weighted by molar-refractivity contribution is -0.192. The third-order valence-corrected chi connectivity index (χ3v) is 11.8. The summed E-state index contributed by atoms with van der Waals surface area (Å²) in [4.78, 5) is 42.7. The molecule has 1 heterocycles. The average Bonchev–Trinajstić information content (AvgIpc) is 3.27. The molecule has 3 aliphatic carbocycles. The Bertz CT molecular complexity index is 930. The van der Waals surface area contributed by atoms with Crippen molar-refractivity contribution in [1.82, 2.24) is 10.2 Å². The SMILES string of the molecule is COC1CCC23CC[C@@H](C)[C@](C)(C12)[C@H](OC(=O)NC(=O)[C@H]1CN(C)CC[C@@H]1C)C[C@@](C)(CCF)C(=O)[C@@H]3C. The van der Waals surface area contributed by atoms with Crippen LogP contribution in [0.2, 0.25) is 0 Å². The van der Waals surface area contributed by atoms with Crippen molar-refractivity contribution in [2.24, 2.45) is 45.8 Å². The van der Waals surface area contributed by atoms with Crippen molar-refractivity contribution in [2.45, 2.75) is 91.8 Å². The van der Waals surface area contributed by atoms with Gasteiger partial charge in [-0.25, -0.2) is 4.79 Å². The van der Waals surface area contributed by atoms with Crippen molar-refractivity contribution in [1.29, 1.82) is 0 Å². The number of ketones is 1. The van der Waals surface area contributed by atoms with Crippen LogP contribution in [0.4, 0.5) is 9.18 Å². The van der Waals surface area contributed by atoms with Crippen LogP contribution < -0.4 is 5.32 Å². The van der Waals surface area contributed by atoms with Gasteiger partial charge in [-0.3, -0.25) is 19.3 Å². The fraction of sp³-hybridized carbons (Fsp3) is 0.900. The number of carbonyl (C=O) groups is 3. The van der Waals surface area contributed by atoms with Gasteiger partial charge < -0.3 is 14.4 Å². The largest absolute Gasteiger partial charge is 0.445 e. The number of nitrogens with zero attached hydrogens (tertiary/aromatic N) is 1. The molecule has 3 saturated carbocycles. The number of imide groups is 1. The number of carbonyl (C=O) groups excluding carboxylic acids is 3. The second-order valence-corrected chi connectivity index (χ2v) is 13.6. The topological polar surface area (TPSA) is 84.9 Å². The molecule has 38 heavy (non-hydrogen) atoms. The maximum atomic E-state index is 14.1. The lowest BCUT2D eigenvalue weighted by Crippen LogP contribution is -2.63. The number of rotatable bonds is 5. The number of alkyl halides is 1. The van der Waals surface area contributed by atoms with E-state index >= 15 is 0 Å². The van der Waals surface area contributed by atoms with Gasteiger partial charge in [0, 0.05) is 36.3 Å². The fourth-order valence-corrected chi connectivity index (χ4v) is 9.02. The Labute approximate surface area is 227 Å². The van der Waals surface area contributed by atoms with E-state index in [0.717, 1.165) is 38.6 Å². The zero-order chi connectivity index (χ0) is 28.0. The van der Waals surface area contributed by atoms with Crippen LogP contribution in [0.3, 0.4) is 0 Å². The first kappa shape index (κ1) is 29.4. The quantitative estimate of drug-likeness (QED) is 0.531. The summed E-state index contributed by atoms with van der Waals surface area (Å²) in [6.07, 6.45) is 3.35. The summed E-state index contributed by atoms with van der Waals surface area (Å²) >= 11 is 0. The standard InChI is InChI=1S/C30H49FN2O5/c1-18-10-15-33(6)17-21(18)26(35)32-27(36)38-23-16-28(4,13-14-31)25(34)20(3)30-11-8-19(2)29(23,5)24(30)22(37-7)9-12-30/h18-24H,8-17H2,1-7H3,(H,32,35,36)/t18-,19+,20-,21-,22?,23+,24?,28+,29-,30?/m0/s1. The van der Waals surface area contributed by atoms with E-state index < -0.39 is 29.7 Å². The number of likely N-dealkylation sites (tertiary alicyclic amines) is 1. The molecule has 216 valence electrons. The van der Waals surface area contributed by atoms with Crippen LogP contribution in [0.25, 0.3) is 0 Å². The van der Waals surface area contributed by atoms with Crippen LogP contribution in [-0.4, -0.2) is 68.8 Å². The van der Waals surface area contributed by atoms with Gasteiger partial charge in [-0.2, -0.15) is 0 Å². The van der Waals surface area contributed by atoms with E-state index in [9.17, 15) is 18.8 Å². The Hall–Kier alpha value is -1.54. The van der Waals surface area contributed by atoms with E-state index in [2.05, 4.69) is 24.1 Å². The molecule has 1 saturated heterocycles. The Morgan fingerprint density at radius 2 is 1.82 bits per heavy atom. The minimum atomic E-state index is -0.953. The maximum Gasteiger partial charge on any atom is 0.414 e. The third kappa shape index (κ3) is 4.71. The molecule has 4 rings (SSSR count). The Kier molecular flexibility index (Phi) is 8.36. The Balaban J connectivity index is 1.69. The smallest absolute Gasteiger partial charge is 0.414 e. The fourth-order valence-electron chi connectivity index (χ4n) is 9.02. The third-order valence-electron chi connectivity index (χ3n) is 11.8. The lowest BCUT2D eigenvalue weighted by Gasteiger charge is -2.61. The molecule has 0 spiro atoms. The number of nitrogens with one attached hydrogen (secondary N) is 1. The van der Waals surface area contributed by atoms with Gasteiger partial charge in [-0.1, -0.05) is 34.6 Å². The van der Waals surface area contributed by atoms with E-state index in [1.807, 2.05) is 27.8 Å². The first-order valence-corrected chi connectivity index (χ1v) is 14.7. The van der Waals surface area contributed by atoms with Crippen molar-refractivity contribution in [3.05, 3.63) is 0 Å². The molecule has 7 nitrogen and oxygen atoms in total. The zero-order valence-corrected chi connectivity index (χ0v) is 24.5. The number of ether oxygens (including phenoxy) is 2. The van der Waals surface area contributed by atoms with Gasteiger partial charge in [0.2, 0.25) is 5.91 Å². The molecule has 0 aromatic rings. The average molecular weight is 537 g/mol. The highest BCUT2D eigenvalue weighted by Crippen LogP contribution is 2.68. The Morgan fingerprint density at radius 3 is 2.47 bits per heavy atom. The van der Waals surface area contributed by atoms with Crippen molar-refractivity contribution in [3.8, 4) is 0 Å². The summed E-state index contributed by atoms with van der Waals surface area (Å²) in [5.74, 6) is -0.366. The molecule has 1 aliphatic heterocycles. The van der Waals surface area contributed by atoms with Crippen molar-refractivity contribution in [3.63, 3.8) is 0 Å². The van der Waals surface area contributed by atoms with E-state index in [4.69, 9.17) is 9.47 Å². The van der Waals surface area contributed by atoms with E-state index in [-0.39, 0.29) is 65.6 Å². The van der Waals surface area contributed by atoms with Crippen LogP contribution in [-0.2, 0) is 19.1 Å². The second kappa shape index (κ2) is 10.8. The van der Waals surface area contributed by atoms with Crippen LogP contribution in [0.1, 0.15) is 79.6 Å². The number of halogens is 1. The first-order valence-electron chi connectivity index (χ1n) is 14.7. The number of methoxy groups -OCH3 is 1. The highest BCUT2D eigenvalue weighted by Gasteiger charge is 2.68. The van der Waals surface area contributed by atoms with Gasteiger partial charge in [0.25, 0.3) is 0 Å². The van der Waals surface area contributed by atoms with Gasteiger partial charge in [-0.05, 0) is 75.8 Å². The highest BCUT2D eigenvalue weighted by molar-refractivity contribution is 5.93. The molecule has 8 heteroatoms. The molecular formula is C30H49FN2O5. The van der Waals surface area contributed by atoms with Gasteiger partial charge in [-0.15, -0.1) is 0 Å². The summed E-state index contributed by atoms with van der Waals surface area (Å²) in [7, 11) is 3.71. The van der Waals surface area contributed by atoms with Crippen LogP contribution >= 0.6 is 0 Å². The minimum absolute atomic E-state index is 0.0261. The monoisotopic (exact) mass is 536 g/mol. The number of Topliss-reactive ketones (excluding diaryl/α,β-unsaturated/α-hetero) is 1. The highest BCUT2D eigenvalue weighted by atomic mass is 19.1. The first-order chi connectivity index (χ1) is 17.8. The van der Waals surface area contributed by atoms with Gasteiger partial charge in [0.05, 0.1) is 18.7 Å². The van der Waals surface area contributed by atoms with Crippen LogP contribution in [0, 0.1) is 45.8 Å². The number of alkyl carbamates (subject to hydrolysis) is 1. The normalized spacial score (nSPS) is 45.6. The molecule has 3 unspecified atom stereocenters. The predicted octanol–water partition coefficient (Wildman–Crippen LogP) is 5.02. The van der Waals surface area contributed by atoms with Crippen molar-refractivity contribution < 1.29 is 28.2 Å². The Morgan fingerprint density at radius 1 is 1.13 bits per heavy atom. The molecule has 2 bridgehead atoms. The predicted molar refractivity (Wildman–Crippen MR) is 143 cm³/mol. The van der Waals surface area contributed by atoms with Gasteiger partial charge >= 0.3 is 6.09 Å². The van der Waals surface area contributed by atoms with Gasteiger partial charge in [0.1, 0.15) is 11.9 Å². The summed E-state index contributed by atoms with van der Waals surface area (Å²) in [6.45, 7) is 11.2. The molecule has 0 aromatic carbocycles. The molecule has 4 aliphatic rings. The second-order valence-electron chi connectivity index (χ2n) is 13.6. The maximum absolute atomic E-state index is 14.1. The number of piperidine rings is 1. The zero-order valence-electron chi connectivity index (χ0n) is 24.5. The van der Waals surface area contributed by atoms with Crippen molar-refractivity contribution >= 4 is 17.8 Å². The molecule has 10 atom stereocenters. The number of hydrogen-bond donors (Lipinski definition) is 1. The van der Waals surface area contributed by atoms with E-state index in [1.54, 1.807) is 7.11 Å². The molecule has 4 fully saturated rings. The summed E-state index contributed by atoms with van der Waals surface area (Å²) < 4.78 is 26.2. The van der Waals surface area contributed by atoms with Crippen LogP contribution in [0.15, 0.2) is 0 Å². The van der Waals surface area contributed by atoms with Crippen LogP contribution in [0.5, 0.6) is 0 Å². The summed E-state index contributed by atoms with van der Waals surface area (Å²) in [5.41, 5.74) is -1.71. The molecule has 0 aromatic heterocycles. The molecule has 0 radical (unpaired) electrons. The molecule has 1 N–H and O–H groups in total. The number of hydrogen-bond acceptors (Lipinski definition) is 6. The lowest BCUT2D eigenvalue weighted by atomic mass is 9.44. The molecule has 2 amide bonds. The number of amides is 2. The van der Waals surface area contributed by atoms with Gasteiger partial charge in [0.15, 0.2) is 0 Å². The summed E-state index contributed by atoms with van der Waals surface area (Å²) in [5, 5.41) is 2.54. The van der Waals surface area contributed by atoms with E-state index in [1.165, 1.54) is 0 Å².